The van der Waals surface area contributed by atoms with Gasteiger partial charge in [0.2, 0.25) is 0 Å². The molecule has 0 atom stereocenters. The number of aryl methyl sites for hydroxylation is 1. The minimum atomic E-state index is 0.188. The Morgan fingerprint density at radius 3 is 2.52 bits per heavy atom. The van der Waals surface area contributed by atoms with Crippen molar-refractivity contribution in [2.24, 2.45) is 0 Å². The van der Waals surface area contributed by atoms with E-state index in [1.807, 2.05) is 11.6 Å². The van der Waals surface area contributed by atoms with Crippen LogP contribution >= 0.6 is 0 Å². The van der Waals surface area contributed by atoms with Gasteiger partial charge in [-0.2, -0.15) is 15.1 Å². The van der Waals surface area contributed by atoms with Gasteiger partial charge in [-0.3, -0.25) is 4.90 Å². The van der Waals surface area contributed by atoms with Crippen LogP contribution in [0.3, 0.4) is 0 Å². The zero-order chi connectivity index (χ0) is 21.2. The lowest BCUT2D eigenvalue weighted by Crippen LogP contribution is -2.18. The fourth-order valence-corrected chi connectivity index (χ4v) is 3.88. The van der Waals surface area contributed by atoms with Gasteiger partial charge in [0, 0.05) is 12.6 Å². The Bertz CT molecular complexity index is 1180. The molecule has 1 aliphatic rings. The van der Waals surface area contributed by atoms with Gasteiger partial charge in [0.05, 0.1) is 18.1 Å². The third kappa shape index (κ3) is 4.36. The van der Waals surface area contributed by atoms with Gasteiger partial charge in [-0.15, -0.1) is 0 Å². The molecule has 4 heterocycles. The first-order valence-electron chi connectivity index (χ1n) is 10.5. The molecule has 1 saturated heterocycles. The van der Waals surface area contributed by atoms with E-state index in [0.717, 1.165) is 17.9 Å². The maximum atomic E-state index is 6.11. The molecule has 1 aliphatic heterocycles. The van der Waals surface area contributed by atoms with Gasteiger partial charge in [-0.1, -0.05) is 29.4 Å². The normalized spacial score (nSPS) is 14.5. The van der Waals surface area contributed by atoms with Gasteiger partial charge in [-0.25, -0.2) is 4.68 Å². The number of benzene rings is 1. The van der Waals surface area contributed by atoms with E-state index >= 15 is 0 Å². The van der Waals surface area contributed by atoms with E-state index in [0.29, 0.717) is 29.1 Å². The Balaban J connectivity index is 1.31. The lowest BCUT2D eigenvalue weighted by molar-refractivity contribution is 0.267. The maximum absolute atomic E-state index is 6.11. The summed E-state index contributed by atoms with van der Waals surface area (Å²) < 4.78 is 12.5. The highest BCUT2D eigenvalue weighted by atomic mass is 16.5. The summed E-state index contributed by atoms with van der Waals surface area (Å²) in [6.07, 6.45) is 4.30. The molecule has 1 fully saturated rings. The summed E-state index contributed by atoms with van der Waals surface area (Å²) >= 11 is 0. The van der Waals surface area contributed by atoms with Gasteiger partial charge in [-0.05, 0) is 44.0 Å². The molecule has 2 N–H and O–H groups in total. The van der Waals surface area contributed by atoms with Crippen LogP contribution in [0.1, 0.15) is 35.4 Å². The predicted molar refractivity (Wildman–Crippen MR) is 115 cm³/mol. The summed E-state index contributed by atoms with van der Waals surface area (Å²) in [6.45, 7) is 6.03. The molecule has 0 spiro atoms. The predicted octanol–water partition coefficient (Wildman–Crippen LogP) is 2.93. The fraction of sp³-hybridized carbons (Fsp3) is 0.364. The highest BCUT2D eigenvalue weighted by Crippen LogP contribution is 2.22. The van der Waals surface area contributed by atoms with E-state index in [1.165, 1.54) is 31.5 Å². The number of anilines is 1. The minimum Gasteiger partial charge on any atom is -0.457 e. The number of fused-ring (bicyclic) bond motifs is 1. The summed E-state index contributed by atoms with van der Waals surface area (Å²) in [5.41, 5.74) is 9.90. The molecular weight excluding hydrogens is 394 g/mol. The summed E-state index contributed by atoms with van der Waals surface area (Å²) in [6, 6.07) is 10.7. The van der Waals surface area contributed by atoms with Crippen LogP contribution in [-0.4, -0.2) is 42.9 Å². The van der Waals surface area contributed by atoms with E-state index in [9.17, 15) is 0 Å². The van der Waals surface area contributed by atoms with Crippen molar-refractivity contribution in [2.75, 3.05) is 18.8 Å². The van der Waals surface area contributed by atoms with Crippen LogP contribution in [0, 0.1) is 6.92 Å². The smallest absolute Gasteiger partial charge is 0.320 e. The second-order valence-electron chi connectivity index (χ2n) is 7.95. The first kappa shape index (κ1) is 19.5. The number of likely N-dealkylation sites (tertiary alicyclic amines) is 1. The summed E-state index contributed by atoms with van der Waals surface area (Å²) in [5, 5.41) is 9.08. The zero-order valence-corrected chi connectivity index (χ0v) is 17.5. The first-order valence-corrected chi connectivity index (χ1v) is 10.5. The number of hydrogen-bond donors (Lipinski definition) is 1. The van der Waals surface area contributed by atoms with Crippen molar-refractivity contribution in [3.8, 4) is 6.01 Å². The molecule has 9 nitrogen and oxygen atoms in total. The Labute approximate surface area is 179 Å². The minimum absolute atomic E-state index is 0.188. The van der Waals surface area contributed by atoms with Gasteiger partial charge < -0.3 is 15.0 Å². The summed E-state index contributed by atoms with van der Waals surface area (Å²) in [5.74, 6) is 1.06. The van der Waals surface area contributed by atoms with Crippen molar-refractivity contribution >= 4 is 16.9 Å². The van der Waals surface area contributed by atoms with E-state index in [2.05, 4.69) is 49.4 Å². The molecule has 0 bridgehead atoms. The molecule has 9 heteroatoms. The quantitative estimate of drug-likeness (QED) is 0.487. The Hall–Kier alpha value is -3.46. The molecule has 0 radical (unpaired) electrons. The fourth-order valence-electron chi connectivity index (χ4n) is 3.88. The molecule has 160 valence electrons. The second-order valence-corrected chi connectivity index (χ2v) is 7.95. The first-order chi connectivity index (χ1) is 15.1. The monoisotopic (exact) mass is 419 g/mol. The van der Waals surface area contributed by atoms with Crippen molar-refractivity contribution in [1.29, 1.82) is 0 Å². The Kier molecular flexibility index (Phi) is 5.25. The average molecular weight is 419 g/mol. The third-order valence-electron chi connectivity index (χ3n) is 5.49. The van der Waals surface area contributed by atoms with Gasteiger partial charge >= 0.3 is 6.01 Å². The maximum Gasteiger partial charge on any atom is 0.320 e. The van der Waals surface area contributed by atoms with Crippen LogP contribution in [0.15, 0.2) is 41.1 Å². The molecular formula is C22H25N7O2. The van der Waals surface area contributed by atoms with Gasteiger partial charge in [0.25, 0.3) is 0 Å². The molecule has 1 aromatic carbocycles. The van der Waals surface area contributed by atoms with Crippen molar-refractivity contribution < 1.29 is 9.26 Å². The average Bonchev–Trinajstić information content (AvgIpc) is 3.51. The molecule has 0 saturated carbocycles. The van der Waals surface area contributed by atoms with Crippen LogP contribution in [0.25, 0.3) is 11.0 Å². The largest absolute Gasteiger partial charge is 0.457 e. The molecule has 31 heavy (non-hydrogen) atoms. The lowest BCUT2D eigenvalue weighted by atomic mass is 10.1. The van der Waals surface area contributed by atoms with Crippen LogP contribution < -0.4 is 10.5 Å². The second kappa shape index (κ2) is 8.35. The lowest BCUT2D eigenvalue weighted by Gasteiger charge is -2.14. The van der Waals surface area contributed by atoms with Gasteiger partial charge in [0.15, 0.2) is 5.65 Å². The van der Waals surface area contributed by atoms with Crippen LogP contribution in [0.4, 0.5) is 5.82 Å². The Morgan fingerprint density at radius 2 is 1.81 bits per heavy atom. The highest BCUT2D eigenvalue weighted by Gasteiger charge is 2.14. The third-order valence-corrected chi connectivity index (χ3v) is 5.49. The van der Waals surface area contributed by atoms with E-state index in [4.69, 9.17) is 15.0 Å². The Morgan fingerprint density at radius 1 is 1.06 bits per heavy atom. The number of nitrogens with two attached hydrogens (primary N) is 1. The van der Waals surface area contributed by atoms with Crippen molar-refractivity contribution in [3.05, 3.63) is 59.1 Å². The number of hydrogen-bond acceptors (Lipinski definition) is 8. The molecule has 3 aromatic heterocycles. The zero-order valence-electron chi connectivity index (χ0n) is 17.5. The molecule has 4 aromatic rings. The number of nitrogen functional groups attached to an aromatic ring is 1. The SMILES string of the molecule is Cc1cc(COc2nc(N)c3cnn(Cc4ccc(CN5CCCC5)cc4)c3n2)no1. The standard InChI is InChI=1S/C22H25N7O2/c1-15-10-18(27-31-15)14-30-22-25-20(23)19-11-24-29(21(19)26-22)13-17-6-4-16(5-7-17)12-28-8-2-3-9-28/h4-7,10-11H,2-3,8-9,12-14H2,1H3,(H2,23,25,26). The molecule has 0 amide bonds. The number of nitrogens with zero attached hydrogens (tertiary/aromatic N) is 6. The van der Waals surface area contributed by atoms with Crippen molar-refractivity contribution in [1.82, 2.24) is 29.8 Å². The number of ether oxygens (including phenoxy) is 1. The van der Waals surface area contributed by atoms with Crippen molar-refractivity contribution in [2.45, 2.75) is 39.5 Å². The highest BCUT2D eigenvalue weighted by molar-refractivity contribution is 5.85. The summed E-state index contributed by atoms with van der Waals surface area (Å²) in [7, 11) is 0. The van der Waals surface area contributed by atoms with Crippen LogP contribution in [0.5, 0.6) is 6.01 Å². The van der Waals surface area contributed by atoms with Gasteiger partial charge in [0.1, 0.15) is 23.9 Å². The van der Waals surface area contributed by atoms with Crippen LogP contribution in [0.2, 0.25) is 0 Å². The molecule has 5 rings (SSSR count). The van der Waals surface area contributed by atoms with Crippen molar-refractivity contribution in [3.63, 3.8) is 0 Å². The number of rotatable bonds is 7. The molecule has 0 aliphatic carbocycles. The molecule has 0 unspecified atom stereocenters. The van der Waals surface area contributed by atoms with E-state index < -0.39 is 0 Å². The van der Waals surface area contributed by atoms with E-state index in [-0.39, 0.29) is 12.6 Å². The summed E-state index contributed by atoms with van der Waals surface area (Å²) in [4.78, 5) is 11.3. The van der Waals surface area contributed by atoms with E-state index in [1.54, 1.807) is 12.3 Å². The van der Waals surface area contributed by atoms with Crippen LogP contribution in [-0.2, 0) is 19.7 Å². The number of aromatic nitrogens is 5. The topological polar surface area (TPSA) is 108 Å².